The molecule has 158 valence electrons. The summed E-state index contributed by atoms with van der Waals surface area (Å²) in [5.74, 6) is -0.00105. The molecule has 3 aliphatic heterocycles. The molecule has 2 aromatic rings. The largest absolute Gasteiger partial charge is 0.341 e. The van der Waals surface area contributed by atoms with Crippen molar-refractivity contribution >= 4 is 17.3 Å². The average molecular weight is 411 g/mol. The minimum atomic E-state index is -0.254. The molecule has 0 radical (unpaired) electrons. The van der Waals surface area contributed by atoms with Crippen LogP contribution in [0.5, 0.6) is 0 Å². The molecule has 2 saturated heterocycles. The Kier molecular flexibility index (Phi) is 5.19. The van der Waals surface area contributed by atoms with E-state index in [1.54, 1.807) is 18.2 Å². The maximum absolute atomic E-state index is 14.1. The summed E-state index contributed by atoms with van der Waals surface area (Å²) >= 11 is 0. The molecular formula is C24H27F2N3O. The summed E-state index contributed by atoms with van der Waals surface area (Å²) < 4.78 is 27.6. The van der Waals surface area contributed by atoms with Gasteiger partial charge in [0.25, 0.3) is 0 Å². The van der Waals surface area contributed by atoms with E-state index < -0.39 is 0 Å². The van der Waals surface area contributed by atoms with Crippen LogP contribution in [-0.4, -0.2) is 54.5 Å². The van der Waals surface area contributed by atoms with Crippen LogP contribution >= 0.6 is 0 Å². The topological polar surface area (TPSA) is 26.8 Å². The van der Waals surface area contributed by atoms with E-state index in [0.717, 1.165) is 68.9 Å². The number of amides is 1. The Morgan fingerprint density at radius 2 is 1.73 bits per heavy atom. The van der Waals surface area contributed by atoms with Crippen LogP contribution in [0.2, 0.25) is 0 Å². The average Bonchev–Trinajstić information content (AvgIpc) is 3.07. The summed E-state index contributed by atoms with van der Waals surface area (Å²) in [6.07, 6.45) is 3.72. The first kappa shape index (κ1) is 19.5. The highest BCUT2D eigenvalue weighted by Gasteiger charge is 2.42. The predicted molar refractivity (Wildman–Crippen MR) is 113 cm³/mol. The van der Waals surface area contributed by atoms with Gasteiger partial charge >= 0.3 is 0 Å². The molecule has 5 rings (SSSR count). The lowest BCUT2D eigenvalue weighted by Gasteiger charge is -2.40. The first-order valence-corrected chi connectivity index (χ1v) is 10.9. The number of halogens is 2. The van der Waals surface area contributed by atoms with E-state index in [-0.39, 0.29) is 29.5 Å². The number of piperidine rings is 2. The Labute approximate surface area is 176 Å². The molecule has 0 aromatic heterocycles. The molecule has 0 saturated carbocycles. The van der Waals surface area contributed by atoms with Gasteiger partial charge in [-0.1, -0.05) is 0 Å². The second-order valence-corrected chi connectivity index (χ2v) is 8.65. The van der Waals surface area contributed by atoms with Crippen molar-refractivity contribution in [2.75, 3.05) is 37.6 Å². The van der Waals surface area contributed by atoms with Gasteiger partial charge in [0.1, 0.15) is 11.6 Å². The summed E-state index contributed by atoms with van der Waals surface area (Å²) in [6, 6.07) is 11.8. The second kappa shape index (κ2) is 7.99. The molecule has 0 aliphatic carbocycles. The highest BCUT2D eigenvalue weighted by Crippen LogP contribution is 2.48. The third-order valence-corrected chi connectivity index (χ3v) is 6.85. The van der Waals surface area contributed by atoms with Gasteiger partial charge in [-0.3, -0.25) is 4.79 Å². The molecule has 2 atom stereocenters. The monoisotopic (exact) mass is 411 g/mol. The summed E-state index contributed by atoms with van der Waals surface area (Å²) in [7, 11) is 0. The van der Waals surface area contributed by atoms with Gasteiger partial charge in [0.15, 0.2) is 0 Å². The Bertz CT molecular complexity index is 933. The van der Waals surface area contributed by atoms with Gasteiger partial charge in [-0.05, 0) is 67.3 Å². The number of rotatable bonds is 4. The van der Waals surface area contributed by atoms with Gasteiger partial charge in [-0.15, -0.1) is 0 Å². The van der Waals surface area contributed by atoms with Crippen LogP contribution in [0.1, 0.15) is 37.2 Å². The SMILES string of the molecule is O=C1CCCCN1CCN1CC[C@@H]2[C@@H](C1)c1cc(F)ccc1N2c1ccc(F)cc1. The van der Waals surface area contributed by atoms with Crippen LogP contribution in [0.4, 0.5) is 20.2 Å². The highest BCUT2D eigenvalue weighted by atomic mass is 19.1. The fourth-order valence-electron chi connectivity index (χ4n) is 5.34. The van der Waals surface area contributed by atoms with Crippen molar-refractivity contribution in [1.29, 1.82) is 0 Å². The second-order valence-electron chi connectivity index (χ2n) is 8.65. The fraction of sp³-hybridized carbons (Fsp3) is 0.458. The van der Waals surface area contributed by atoms with E-state index >= 15 is 0 Å². The standard InChI is InChI=1S/C24H27F2N3O/c25-17-4-7-19(8-5-17)29-22-9-6-18(26)15-20(22)21-16-27(12-10-23(21)29)13-14-28-11-2-1-3-24(28)30/h4-9,15,21,23H,1-3,10-14,16H2/t21-,23+/m0/s1. The number of fused-ring (bicyclic) bond motifs is 3. The van der Waals surface area contributed by atoms with Crippen molar-refractivity contribution < 1.29 is 13.6 Å². The van der Waals surface area contributed by atoms with Crippen LogP contribution in [0, 0.1) is 11.6 Å². The molecule has 6 heteroatoms. The normalized spacial score (nSPS) is 24.1. The van der Waals surface area contributed by atoms with Crippen molar-refractivity contribution in [2.24, 2.45) is 0 Å². The van der Waals surface area contributed by atoms with E-state index in [1.807, 2.05) is 11.0 Å². The van der Waals surface area contributed by atoms with Gasteiger partial charge in [-0.2, -0.15) is 0 Å². The van der Waals surface area contributed by atoms with Crippen molar-refractivity contribution in [2.45, 2.75) is 37.6 Å². The maximum Gasteiger partial charge on any atom is 0.222 e. The van der Waals surface area contributed by atoms with Crippen LogP contribution in [0.25, 0.3) is 0 Å². The third kappa shape index (κ3) is 3.58. The Balaban J connectivity index is 1.36. The first-order valence-electron chi connectivity index (χ1n) is 10.9. The molecule has 0 spiro atoms. The van der Waals surface area contributed by atoms with Gasteiger partial charge in [0.05, 0.1) is 0 Å². The van der Waals surface area contributed by atoms with Gasteiger partial charge in [-0.25, -0.2) is 8.78 Å². The van der Waals surface area contributed by atoms with Crippen LogP contribution in [0.3, 0.4) is 0 Å². The number of benzene rings is 2. The van der Waals surface area contributed by atoms with E-state index in [1.165, 1.54) is 18.2 Å². The number of likely N-dealkylation sites (tertiary alicyclic amines) is 2. The molecule has 3 aliphatic rings. The van der Waals surface area contributed by atoms with Gasteiger partial charge < -0.3 is 14.7 Å². The predicted octanol–water partition coefficient (Wildman–Crippen LogP) is 4.29. The van der Waals surface area contributed by atoms with E-state index in [2.05, 4.69) is 9.80 Å². The summed E-state index contributed by atoms with van der Waals surface area (Å²) in [5.41, 5.74) is 3.00. The van der Waals surface area contributed by atoms with Crippen LogP contribution in [-0.2, 0) is 4.79 Å². The van der Waals surface area contributed by atoms with E-state index in [4.69, 9.17) is 0 Å². The molecule has 0 N–H and O–H groups in total. The fourth-order valence-corrected chi connectivity index (χ4v) is 5.34. The highest BCUT2D eigenvalue weighted by molar-refractivity contribution is 5.76. The maximum atomic E-state index is 14.1. The molecule has 2 fully saturated rings. The zero-order chi connectivity index (χ0) is 20.7. The number of hydrogen-bond acceptors (Lipinski definition) is 3. The number of carbonyl (C=O) groups is 1. The molecule has 2 aromatic carbocycles. The minimum absolute atomic E-state index is 0.201. The molecule has 3 heterocycles. The smallest absolute Gasteiger partial charge is 0.222 e. The van der Waals surface area contributed by atoms with Crippen LogP contribution in [0.15, 0.2) is 42.5 Å². The molecule has 1 amide bonds. The minimum Gasteiger partial charge on any atom is -0.341 e. The zero-order valence-electron chi connectivity index (χ0n) is 17.1. The number of anilines is 2. The molecule has 0 unspecified atom stereocenters. The zero-order valence-corrected chi connectivity index (χ0v) is 17.1. The van der Waals surface area contributed by atoms with Gasteiger partial charge in [0.2, 0.25) is 5.91 Å². The summed E-state index contributed by atoms with van der Waals surface area (Å²) in [4.78, 5) is 18.8. The number of nitrogens with zero attached hydrogens (tertiary/aromatic N) is 3. The molecule has 0 bridgehead atoms. The van der Waals surface area contributed by atoms with E-state index in [0.29, 0.717) is 6.42 Å². The number of hydrogen-bond donors (Lipinski definition) is 0. The first-order chi connectivity index (χ1) is 14.6. The third-order valence-electron chi connectivity index (χ3n) is 6.85. The van der Waals surface area contributed by atoms with Gasteiger partial charge in [0, 0.05) is 62.5 Å². The van der Waals surface area contributed by atoms with Crippen molar-refractivity contribution in [1.82, 2.24) is 9.80 Å². The van der Waals surface area contributed by atoms with Crippen LogP contribution < -0.4 is 4.90 Å². The quantitative estimate of drug-likeness (QED) is 0.751. The van der Waals surface area contributed by atoms with Crippen molar-refractivity contribution in [3.8, 4) is 0 Å². The Morgan fingerprint density at radius 1 is 0.933 bits per heavy atom. The molecular weight excluding hydrogens is 384 g/mol. The van der Waals surface area contributed by atoms with Crippen molar-refractivity contribution in [3.05, 3.63) is 59.7 Å². The lowest BCUT2D eigenvalue weighted by Crippen LogP contribution is -2.48. The summed E-state index contributed by atoms with van der Waals surface area (Å²) in [6.45, 7) is 4.29. The Hall–Kier alpha value is -2.47. The molecule has 4 nitrogen and oxygen atoms in total. The number of carbonyl (C=O) groups excluding carboxylic acids is 1. The lowest BCUT2D eigenvalue weighted by atomic mass is 9.89. The summed E-state index contributed by atoms with van der Waals surface area (Å²) in [5, 5.41) is 0. The molecule has 30 heavy (non-hydrogen) atoms. The lowest BCUT2D eigenvalue weighted by molar-refractivity contribution is -0.133. The van der Waals surface area contributed by atoms with E-state index in [9.17, 15) is 13.6 Å². The van der Waals surface area contributed by atoms with Crippen molar-refractivity contribution in [3.63, 3.8) is 0 Å². The Morgan fingerprint density at radius 3 is 2.53 bits per heavy atom.